The summed E-state index contributed by atoms with van der Waals surface area (Å²) >= 11 is 0. The number of carbonyl (C=O) groups excluding carboxylic acids is 1. The van der Waals surface area contributed by atoms with Crippen LogP contribution in [0, 0.1) is 10.1 Å². The number of hydrogen-bond donors (Lipinski definition) is 1. The largest absolute Gasteiger partial charge is 0.353 e. The van der Waals surface area contributed by atoms with Crippen LogP contribution in [0.1, 0.15) is 13.8 Å². The average Bonchev–Trinajstić information content (AvgIpc) is 2.41. The Kier molecular flexibility index (Phi) is 3.72. The Morgan fingerprint density at radius 2 is 1.86 bits per heavy atom. The minimum Gasteiger partial charge on any atom is -0.353 e. The summed E-state index contributed by atoms with van der Waals surface area (Å²) in [5.74, 6) is -0.376. The summed E-state index contributed by atoms with van der Waals surface area (Å²) in [6.45, 7) is 3.42. The van der Waals surface area contributed by atoms with Crippen molar-refractivity contribution in [1.82, 2.24) is 9.62 Å². The van der Waals surface area contributed by atoms with Gasteiger partial charge in [-0.15, -0.1) is 0 Å². The van der Waals surface area contributed by atoms with E-state index in [0.717, 1.165) is 16.4 Å². The van der Waals surface area contributed by atoms with Gasteiger partial charge in [0.2, 0.25) is 15.9 Å². The SMILES string of the molecule is CC1(C)C(=O)NCCN1S(=O)(=O)c1ccc([N+](=O)[O-])cc1. The Bertz CT molecular complexity index is 681. The third-order valence-electron chi connectivity index (χ3n) is 3.42. The minimum absolute atomic E-state index is 0.0733. The predicted molar refractivity (Wildman–Crippen MR) is 74.1 cm³/mol. The lowest BCUT2D eigenvalue weighted by atomic mass is 10.0. The predicted octanol–water partition coefficient (Wildman–Crippen LogP) is 0.494. The summed E-state index contributed by atoms with van der Waals surface area (Å²) in [5, 5.41) is 13.2. The quantitative estimate of drug-likeness (QED) is 0.645. The highest BCUT2D eigenvalue weighted by atomic mass is 32.2. The number of nitrogens with zero attached hydrogens (tertiary/aromatic N) is 2. The van der Waals surface area contributed by atoms with E-state index in [4.69, 9.17) is 0 Å². The Morgan fingerprint density at radius 1 is 1.29 bits per heavy atom. The lowest BCUT2D eigenvalue weighted by molar-refractivity contribution is -0.384. The van der Waals surface area contributed by atoms with Crippen LogP contribution in [-0.4, -0.2) is 42.2 Å². The number of benzene rings is 1. The second kappa shape index (κ2) is 5.08. The molecule has 0 unspecified atom stereocenters. The Morgan fingerprint density at radius 3 is 2.38 bits per heavy atom. The van der Waals surface area contributed by atoms with Gasteiger partial charge < -0.3 is 5.32 Å². The molecular formula is C12H15N3O5S. The molecule has 1 amide bonds. The van der Waals surface area contributed by atoms with Gasteiger partial charge in [0, 0.05) is 25.2 Å². The Balaban J connectivity index is 2.41. The summed E-state index contributed by atoms with van der Waals surface area (Å²) in [7, 11) is -3.90. The molecule has 0 saturated carbocycles. The smallest absolute Gasteiger partial charge is 0.269 e. The highest BCUT2D eigenvalue weighted by Gasteiger charge is 2.44. The third kappa shape index (κ3) is 2.61. The standard InChI is InChI=1S/C12H15N3O5S/c1-12(2)11(16)13-7-8-14(12)21(19,20)10-5-3-9(4-6-10)15(17)18/h3-6H,7-8H2,1-2H3,(H,13,16). The van der Waals surface area contributed by atoms with E-state index in [9.17, 15) is 23.3 Å². The van der Waals surface area contributed by atoms with Crippen molar-refractivity contribution in [2.24, 2.45) is 0 Å². The molecule has 0 radical (unpaired) electrons. The first-order valence-electron chi connectivity index (χ1n) is 6.23. The van der Waals surface area contributed by atoms with Gasteiger partial charge in [-0.1, -0.05) is 0 Å². The maximum absolute atomic E-state index is 12.6. The molecule has 1 aliphatic heterocycles. The molecule has 1 aromatic carbocycles. The number of sulfonamides is 1. The summed E-state index contributed by atoms with van der Waals surface area (Å²) in [4.78, 5) is 21.8. The molecule has 8 nitrogen and oxygen atoms in total. The van der Waals surface area contributed by atoms with E-state index in [-0.39, 0.29) is 29.6 Å². The number of nitrogens with one attached hydrogen (secondary N) is 1. The van der Waals surface area contributed by atoms with Gasteiger partial charge in [-0.3, -0.25) is 14.9 Å². The Labute approximate surface area is 122 Å². The van der Waals surface area contributed by atoms with E-state index >= 15 is 0 Å². The van der Waals surface area contributed by atoms with Crippen LogP contribution in [0.5, 0.6) is 0 Å². The van der Waals surface area contributed by atoms with Crippen LogP contribution in [-0.2, 0) is 14.8 Å². The first kappa shape index (κ1) is 15.4. The van der Waals surface area contributed by atoms with Crippen LogP contribution < -0.4 is 5.32 Å². The number of hydrogen-bond acceptors (Lipinski definition) is 5. The van der Waals surface area contributed by atoms with Crippen LogP contribution in [0.15, 0.2) is 29.2 Å². The molecule has 2 rings (SSSR count). The monoisotopic (exact) mass is 313 g/mol. The van der Waals surface area contributed by atoms with E-state index in [1.165, 1.54) is 26.0 Å². The number of amides is 1. The van der Waals surface area contributed by atoms with E-state index in [1.54, 1.807) is 0 Å². The molecule has 0 atom stereocenters. The topological polar surface area (TPSA) is 110 Å². The number of non-ortho nitro benzene ring substituents is 1. The van der Waals surface area contributed by atoms with Gasteiger partial charge in [0.05, 0.1) is 9.82 Å². The fourth-order valence-electron chi connectivity index (χ4n) is 2.17. The minimum atomic E-state index is -3.90. The van der Waals surface area contributed by atoms with Crippen LogP contribution in [0.2, 0.25) is 0 Å². The van der Waals surface area contributed by atoms with Crippen molar-refractivity contribution in [1.29, 1.82) is 0 Å². The first-order chi connectivity index (χ1) is 9.67. The number of rotatable bonds is 3. The summed E-state index contributed by atoms with van der Waals surface area (Å²) < 4.78 is 26.3. The second-order valence-corrected chi connectivity index (χ2v) is 7.01. The van der Waals surface area contributed by atoms with E-state index in [1.807, 2.05) is 0 Å². The molecular weight excluding hydrogens is 298 g/mol. The van der Waals surface area contributed by atoms with Crippen molar-refractivity contribution >= 4 is 21.6 Å². The molecule has 1 fully saturated rings. The van der Waals surface area contributed by atoms with Crippen molar-refractivity contribution in [2.75, 3.05) is 13.1 Å². The molecule has 0 aromatic heterocycles. The second-order valence-electron chi connectivity index (χ2n) is 5.14. The van der Waals surface area contributed by atoms with Crippen LogP contribution in [0.4, 0.5) is 5.69 Å². The fourth-order valence-corrected chi connectivity index (χ4v) is 3.92. The van der Waals surface area contributed by atoms with Crippen LogP contribution in [0.3, 0.4) is 0 Å². The Hall–Kier alpha value is -2.00. The number of nitro groups is 1. The van der Waals surface area contributed by atoms with Crippen LogP contribution in [0.25, 0.3) is 0 Å². The fraction of sp³-hybridized carbons (Fsp3) is 0.417. The van der Waals surface area contributed by atoms with Gasteiger partial charge in [0.1, 0.15) is 5.54 Å². The number of nitro benzene ring substituents is 1. The summed E-state index contributed by atoms with van der Waals surface area (Å²) in [5.41, 5.74) is -1.40. The lowest BCUT2D eigenvalue weighted by Gasteiger charge is -2.39. The average molecular weight is 313 g/mol. The summed E-state index contributed by atoms with van der Waals surface area (Å²) in [6, 6.07) is 4.61. The maximum Gasteiger partial charge on any atom is 0.269 e. The van der Waals surface area contributed by atoms with Gasteiger partial charge in [0.15, 0.2) is 0 Å². The molecule has 1 aliphatic rings. The zero-order chi connectivity index (χ0) is 15.8. The zero-order valence-corrected chi connectivity index (χ0v) is 12.4. The normalized spacial score (nSPS) is 19.0. The molecule has 1 saturated heterocycles. The molecule has 0 bridgehead atoms. The molecule has 0 spiro atoms. The molecule has 1 N–H and O–H groups in total. The van der Waals surface area contributed by atoms with Crippen LogP contribution >= 0.6 is 0 Å². The number of piperazine rings is 1. The third-order valence-corrected chi connectivity index (χ3v) is 5.50. The van der Waals surface area contributed by atoms with Gasteiger partial charge in [0.25, 0.3) is 5.69 Å². The highest BCUT2D eigenvalue weighted by molar-refractivity contribution is 7.89. The van der Waals surface area contributed by atoms with Crippen molar-refractivity contribution in [2.45, 2.75) is 24.3 Å². The maximum atomic E-state index is 12.6. The molecule has 1 aromatic rings. The lowest BCUT2D eigenvalue weighted by Crippen LogP contribution is -2.63. The molecule has 1 heterocycles. The van der Waals surface area contributed by atoms with Gasteiger partial charge in [-0.05, 0) is 26.0 Å². The highest BCUT2D eigenvalue weighted by Crippen LogP contribution is 2.27. The van der Waals surface area contributed by atoms with E-state index < -0.39 is 20.5 Å². The molecule has 21 heavy (non-hydrogen) atoms. The number of carbonyl (C=O) groups is 1. The van der Waals surface area contributed by atoms with Crippen molar-refractivity contribution in [3.05, 3.63) is 34.4 Å². The van der Waals surface area contributed by atoms with Crippen molar-refractivity contribution in [3.8, 4) is 0 Å². The first-order valence-corrected chi connectivity index (χ1v) is 7.67. The molecule has 9 heteroatoms. The summed E-state index contributed by atoms with van der Waals surface area (Å²) in [6.07, 6.45) is 0. The van der Waals surface area contributed by atoms with Gasteiger partial charge >= 0.3 is 0 Å². The van der Waals surface area contributed by atoms with Crippen molar-refractivity contribution < 1.29 is 18.1 Å². The van der Waals surface area contributed by atoms with Gasteiger partial charge in [-0.25, -0.2) is 8.42 Å². The van der Waals surface area contributed by atoms with Gasteiger partial charge in [-0.2, -0.15) is 4.31 Å². The zero-order valence-electron chi connectivity index (χ0n) is 11.6. The van der Waals surface area contributed by atoms with Crippen molar-refractivity contribution in [3.63, 3.8) is 0 Å². The van der Waals surface area contributed by atoms with E-state index in [2.05, 4.69) is 5.32 Å². The molecule has 114 valence electrons. The molecule has 0 aliphatic carbocycles. The van der Waals surface area contributed by atoms with E-state index in [0.29, 0.717) is 0 Å².